The Kier molecular flexibility index (Phi) is 3.34. The molecule has 86 valence electrons. The predicted octanol–water partition coefficient (Wildman–Crippen LogP) is 1.07. The first-order valence-electron chi connectivity index (χ1n) is 4.21. The first kappa shape index (κ1) is 12.3. The zero-order valence-electron chi connectivity index (χ0n) is 8.50. The number of carbonyl (C=O) groups is 1. The van der Waals surface area contributed by atoms with Gasteiger partial charge in [0.2, 0.25) is 9.84 Å². The molecular weight excluding hydrogens is 232 g/mol. The number of ether oxygens (including phenoxy) is 1. The molecule has 1 N–H and O–H groups in total. The van der Waals surface area contributed by atoms with Crippen molar-refractivity contribution in [2.45, 2.75) is 4.90 Å². The standard InChI is InChI=1S/C10H10O5S/c1-7(10(11)12)16(13,14)9-5-3-8(15-2)4-6-9/h3-6H,1H2,2H3,(H,11,12). The summed E-state index contributed by atoms with van der Waals surface area (Å²) < 4.78 is 28.2. The Balaban J connectivity index is 3.18. The first-order chi connectivity index (χ1) is 7.39. The van der Waals surface area contributed by atoms with Gasteiger partial charge in [0.15, 0.2) is 0 Å². The molecule has 0 aliphatic heterocycles. The van der Waals surface area contributed by atoms with E-state index in [0.29, 0.717) is 5.75 Å². The Morgan fingerprint density at radius 3 is 2.19 bits per heavy atom. The number of rotatable bonds is 4. The van der Waals surface area contributed by atoms with Gasteiger partial charge in [0.1, 0.15) is 10.7 Å². The number of hydrogen-bond donors (Lipinski definition) is 1. The second-order valence-electron chi connectivity index (χ2n) is 2.91. The van der Waals surface area contributed by atoms with Crippen LogP contribution in [0.4, 0.5) is 0 Å². The predicted molar refractivity (Wildman–Crippen MR) is 57.0 cm³/mol. The maximum Gasteiger partial charge on any atom is 0.347 e. The minimum Gasteiger partial charge on any atom is -0.497 e. The highest BCUT2D eigenvalue weighted by Gasteiger charge is 2.24. The van der Waals surface area contributed by atoms with Gasteiger partial charge in [-0.1, -0.05) is 6.58 Å². The molecule has 0 aromatic heterocycles. The van der Waals surface area contributed by atoms with Crippen molar-refractivity contribution in [3.63, 3.8) is 0 Å². The molecule has 0 atom stereocenters. The van der Waals surface area contributed by atoms with Crippen molar-refractivity contribution in [2.75, 3.05) is 7.11 Å². The molecule has 1 aromatic rings. The molecule has 1 aromatic carbocycles. The fourth-order valence-electron chi connectivity index (χ4n) is 1.01. The molecule has 0 saturated heterocycles. The van der Waals surface area contributed by atoms with Gasteiger partial charge in [0.05, 0.1) is 12.0 Å². The molecule has 0 fully saturated rings. The van der Waals surface area contributed by atoms with Gasteiger partial charge in [-0.25, -0.2) is 13.2 Å². The van der Waals surface area contributed by atoms with Crippen LogP contribution < -0.4 is 4.74 Å². The summed E-state index contributed by atoms with van der Waals surface area (Å²) >= 11 is 0. The average molecular weight is 242 g/mol. The van der Waals surface area contributed by atoms with Gasteiger partial charge in [-0.3, -0.25) is 0 Å². The van der Waals surface area contributed by atoms with E-state index >= 15 is 0 Å². The Hall–Kier alpha value is -1.82. The van der Waals surface area contributed by atoms with E-state index in [0.717, 1.165) is 0 Å². The van der Waals surface area contributed by atoms with Crippen LogP contribution in [0.2, 0.25) is 0 Å². The third kappa shape index (κ3) is 2.22. The van der Waals surface area contributed by atoms with Crippen LogP contribution >= 0.6 is 0 Å². The van der Waals surface area contributed by atoms with Crippen molar-refractivity contribution in [3.8, 4) is 5.75 Å². The molecule has 0 spiro atoms. The normalized spacial score (nSPS) is 10.8. The van der Waals surface area contributed by atoms with Gasteiger partial charge >= 0.3 is 5.97 Å². The minimum atomic E-state index is -4.01. The highest BCUT2D eigenvalue weighted by atomic mass is 32.2. The van der Waals surface area contributed by atoms with Gasteiger partial charge in [-0.05, 0) is 24.3 Å². The second-order valence-corrected chi connectivity index (χ2v) is 4.88. The third-order valence-electron chi connectivity index (χ3n) is 1.93. The summed E-state index contributed by atoms with van der Waals surface area (Å²) in [4.78, 5) is 9.57. The quantitative estimate of drug-likeness (QED) is 0.799. The van der Waals surface area contributed by atoms with E-state index in [1.54, 1.807) is 0 Å². The second kappa shape index (κ2) is 4.36. The molecule has 5 nitrogen and oxygen atoms in total. The number of carboxylic acids is 1. The van der Waals surface area contributed by atoms with Crippen molar-refractivity contribution in [1.82, 2.24) is 0 Å². The van der Waals surface area contributed by atoms with Crippen molar-refractivity contribution in [3.05, 3.63) is 35.7 Å². The molecule has 6 heteroatoms. The van der Waals surface area contributed by atoms with E-state index in [-0.39, 0.29) is 4.90 Å². The summed E-state index contributed by atoms with van der Waals surface area (Å²) in [6.45, 7) is 3.03. The van der Waals surface area contributed by atoms with Gasteiger partial charge < -0.3 is 9.84 Å². The summed E-state index contributed by atoms with van der Waals surface area (Å²) in [5, 5.41) is 8.58. The number of benzene rings is 1. The Labute approximate surface area is 92.9 Å². The van der Waals surface area contributed by atoms with Crippen LogP contribution in [0.1, 0.15) is 0 Å². The molecule has 0 heterocycles. The topological polar surface area (TPSA) is 80.7 Å². The fourth-order valence-corrected chi connectivity index (χ4v) is 2.02. The van der Waals surface area contributed by atoms with E-state index in [4.69, 9.17) is 9.84 Å². The third-order valence-corrected chi connectivity index (χ3v) is 3.65. The SMILES string of the molecule is C=C(C(=O)O)S(=O)(=O)c1ccc(OC)cc1. The summed E-state index contributed by atoms with van der Waals surface area (Å²) in [7, 11) is -2.57. The lowest BCUT2D eigenvalue weighted by Gasteiger charge is -2.04. The highest BCUT2D eigenvalue weighted by Crippen LogP contribution is 2.20. The van der Waals surface area contributed by atoms with Crippen molar-refractivity contribution >= 4 is 15.8 Å². The van der Waals surface area contributed by atoms with Gasteiger partial charge in [-0.15, -0.1) is 0 Å². The van der Waals surface area contributed by atoms with Crippen LogP contribution in [0.15, 0.2) is 40.6 Å². The van der Waals surface area contributed by atoms with E-state index in [1.807, 2.05) is 0 Å². The molecule has 0 amide bonds. The maximum absolute atomic E-state index is 11.7. The molecule has 1 rings (SSSR count). The number of sulfone groups is 1. The summed E-state index contributed by atoms with van der Waals surface area (Å²) in [6, 6.07) is 5.40. The minimum absolute atomic E-state index is 0.124. The largest absolute Gasteiger partial charge is 0.497 e. The van der Waals surface area contributed by atoms with E-state index in [2.05, 4.69) is 6.58 Å². The first-order valence-corrected chi connectivity index (χ1v) is 5.69. The lowest BCUT2D eigenvalue weighted by molar-refractivity contribution is -0.131. The van der Waals surface area contributed by atoms with Crippen molar-refractivity contribution in [1.29, 1.82) is 0 Å². The van der Waals surface area contributed by atoms with E-state index < -0.39 is 20.7 Å². The van der Waals surface area contributed by atoms with Crippen LogP contribution in [-0.2, 0) is 14.6 Å². The molecular formula is C10H10O5S. The van der Waals surface area contributed by atoms with Gasteiger partial charge in [0, 0.05) is 0 Å². The summed E-state index contributed by atoms with van der Waals surface area (Å²) in [5.41, 5.74) is 0. The monoisotopic (exact) mass is 242 g/mol. The zero-order chi connectivity index (χ0) is 12.3. The van der Waals surface area contributed by atoms with Crippen molar-refractivity contribution in [2.24, 2.45) is 0 Å². The Morgan fingerprint density at radius 1 is 1.31 bits per heavy atom. The van der Waals surface area contributed by atoms with Crippen LogP contribution in [0, 0.1) is 0 Å². The Bertz CT molecular complexity index is 513. The van der Waals surface area contributed by atoms with Crippen LogP contribution in [0.3, 0.4) is 0 Å². The number of carboxylic acid groups (broad SMARTS) is 1. The van der Waals surface area contributed by atoms with E-state index in [9.17, 15) is 13.2 Å². The number of hydrogen-bond acceptors (Lipinski definition) is 4. The lowest BCUT2D eigenvalue weighted by atomic mass is 10.3. The van der Waals surface area contributed by atoms with Crippen LogP contribution in [-0.4, -0.2) is 26.6 Å². The molecule has 0 unspecified atom stereocenters. The highest BCUT2D eigenvalue weighted by molar-refractivity contribution is 7.96. The molecule has 0 radical (unpaired) electrons. The summed E-state index contributed by atoms with van der Waals surface area (Å²) in [6.07, 6.45) is 0. The Morgan fingerprint density at radius 2 is 1.81 bits per heavy atom. The van der Waals surface area contributed by atoms with Gasteiger partial charge in [0.25, 0.3) is 0 Å². The smallest absolute Gasteiger partial charge is 0.347 e. The molecule has 0 saturated carbocycles. The molecule has 0 aliphatic carbocycles. The molecule has 0 bridgehead atoms. The molecule has 16 heavy (non-hydrogen) atoms. The maximum atomic E-state index is 11.7. The van der Waals surface area contributed by atoms with Gasteiger partial charge in [-0.2, -0.15) is 0 Å². The van der Waals surface area contributed by atoms with E-state index in [1.165, 1.54) is 31.4 Å². The zero-order valence-corrected chi connectivity index (χ0v) is 9.32. The van der Waals surface area contributed by atoms with Crippen LogP contribution in [0.5, 0.6) is 5.75 Å². The molecule has 0 aliphatic rings. The van der Waals surface area contributed by atoms with Crippen LogP contribution in [0.25, 0.3) is 0 Å². The fraction of sp³-hybridized carbons (Fsp3) is 0.100. The average Bonchev–Trinajstić information content (AvgIpc) is 2.28. The number of aliphatic carboxylic acids is 1. The number of methoxy groups -OCH3 is 1. The van der Waals surface area contributed by atoms with Crippen molar-refractivity contribution < 1.29 is 23.1 Å². The lowest BCUT2D eigenvalue weighted by Crippen LogP contribution is -2.11. The summed E-state index contributed by atoms with van der Waals surface area (Å²) in [5.74, 6) is -1.07.